The Kier molecular flexibility index (Phi) is 11.7. The van der Waals surface area contributed by atoms with Gasteiger partial charge in [0.05, 0.1) is 6.07 Å². The maximum atomic E-state index is 11.9. The van der Waals surface area contributed by atoms with Crippen LogP contribution < -0.4 is 26.5 Å². The second-order valence-corrected chi connectivity index (χ2v) is 11.3. The number of rotatable bonds is 15. The zero-order valence-electron chi connectivity index (χ0n) is 28.1. The second kappa shape index (κ2) is 16.1. The van der Waals surface area contributed by atoms with Gasteiger partial charge in [-0.15, -0.1) is 19.9 Å². The van der Waals surface area contributed by atoms with Gasteiger partial charge in [-0.3, -0.25) is 9.97 Å². The fraction of sp³-hybridized carbons (Fsp3) is 0.438. The fourth-order valence-electron chi connectivity index (χ4n) is 5.18. The van der Waals surface area contributed by atoms with Gasteiger partial charge in [-0.1, -0.05) is 69.4 Å². The molecule has 4 rings (SSSR count). The van der Waals surface area contributed by atoms with Gasteiger partial charge < -0.3 is 20.0 Å². The number of aromatic amines is 2. The third-order valence-electron chi connectivity index (χ3n) is 7.62. The number of benzene rings is 1. The van der Waals surface area contributed by atoms with E-state index >= 15 is 0 Å². The molecule has 0 aliphatic heterocycles. The number of H-pyrrole nitrogens is 2. The third kappa shape index (κ3) is 7.90. The summed E-state index contributed by atoms with van der Waals surface area (Å²) in [5.74, 6) is 0.573. The van der Waals surface area contributed by atoms with E-state index in [1.165, 1.54) is 0 Å². The number of para-hydroxylation sites is 1. The lowest BCUT2D eigenvalue weighted by Crippen LogP contribution is -2.27. The molecule has 0 amide bonds. The summed E-state index contributed by atoms with van der Waals surface area (Å²) in [5.41, 5.74) is 1.47. The molecule has 0 fully saturated rings. The van der Waals surface area contributed by atoms with E-state index < -0.39 is 11.4 Å². The Morgan fingerprint density at radius 1 is 1.02 bits per heavy atom. The van der Waals surface area contributed by atoms with E-state index in [9.17, 15) is 14.9 Å². The van der Waals surface area contributed by atoms with Crippen molar-refractivity contribution in [3.8, 4) is 12.0 Å². The molecule has 3 heterocycles. The predicted octanol–water partition coefficient (Wildman–Crippen LogP) is 5.89. The monoisotopic (exact) mass is 652 g/mol. The first-order valence-corrected chi connectivity index (χ1v) is 15.8. The molecule has 3 aromatic heterocycles. The maximum absolute atomic E-state index is 11.9. The average Bonchev–Trinajstić information content (AvgIpc) is 3.42. The Bertz CT molecular complexity index is 1930. The minimum absolute atomic E-state index is 0.209. The highest BCUT2D eigenvalue weighted by atomic mass is 16.2. The SMILES string of the molecule is [C-]#[N+]c1c(C#N)c(N=Nc2c(NCCCCC)nc(N(C)c3c(C)cccc3C)nc2N(C)CCCCC)nn1-c1nc(=O)[nH]c(=O)[nH]1. The number of nitriles is 1. The molecule has 4 aromatic rings. The molecule has 250 valence electrons. The van der Waals surface area contributed by atoms with E-state index in [1.807, 2.05) is 67.0 Å². The Morgan fingerprint density at radius 3 is 2.38 bits per heavy atom. The Balaban J connectivity index is 1.91. The molecule has 0 unspecified atom stereocenters. The van der Waals surface area contributed by atoms with Crippen molar-refractivity contribution in [2.45, 2.75) is 66.2 Å². The van der Waals surface area contributed by atoms with Gasteiger partial charge in [-0.05, 0) is 37.8 Å². The van der Waals surface area contributed by atoms with Gasteiger partial charge >= 0.3 is 17.3 Å². The number of azo groups is 1. The highest BCUT2D eigenvalue weighted by molar-refractivity contribution is 5.78. The van der Waals surface area contributed by atoms with E-state index in [4.69, 9.17) is 16.5 Å². The standard InChI is InChI=1S/C32H40N14O2/c1-8-10-12-17-35-26-23(41-42-25-22(19-33)27(34-5)46(43-25)30-38-31(47)40-32(48)39-30)28(44(6)18-13-11-9-2)37-29(36-26)45(7)24-20(3)15-14-16-21(24)4/h14-16H,8-13,17-18H2,1-4,6-7H3,(H,35,36,37)(H2,38,39,40,47,48). The Labute approximate surface area is 278 Å². The highest BCUT2D eigenvalue weighted by Gasteiger charge is 2.25. The molecule has 48 heavy (non-hydrogen) atoms. The van der Waals surface area contributed by atoms with Gasteiger partial charge in [-0.2, -0.15) is 15.2 Å². The van der Waals surface area contributed by atoms with Gasteiger partial charge in [0.1, 0.15) is 5.56 Å². The fourth-order valence-corrected chi connectivity index (χ4v) is 5.18. The van der Waals surface area contributed by atoms with Crippen molar-refractivity contribution in [1.82, 2.24) is 34.7 Å². The Hall–Kier alpha value is -5.90. The molecule has 16 nitrogen and oxygen atoms in total. The van der Waals surface area contributed by atoms with Crippen molar-refractivity contribution in [2.24, 2.45) is 10.2 Å². The molecule has 0 bridgehead atoms. The number of anilines is 4. The Morgan fingerprint density at radius 2 is 1.73 bits per heavy atom. The first-order valence-electron chi connectivity index (χ1n) is 15.8. The van der Waals surface area contributed by atoms with E-state index in [0.29, 0.717) is 36.4 Å². The topological polar surface area (TPSA) is 194 Å². The van der Waals surface area contributed by atoms with Crippen LogP contribution in [0.5, 0.6) is 0 Å². The summed E-state index contributed by atoms with van der Waals surface area (Å²) in [4.78, 5) is 49.0. The smallest absolute Gasteiger partial charge is 0.354 e. The van der Waals surface area contributed by atoms with Crippen molar-refractivity contribution < 1.29 is 0 Å². The summed E-state index contributed by atoms with van der Waals surface area (Å²) in [6.45, 7) is 17.3. The molecule has 0 spiro atoms. The van der Waals surface area contributed by atoms with Crippen LogP contribution in [0.2, 0.25) is 0 Å². The van der Waals surface area contributed by atoms with Gasteiger partial charge in [0, 0.05) is 32.9 Å². The van der Waals surface area contributed by atoms with Crippen molar-refractivity contribution >= 4 is 40.6 Å². The lowest BCUT2D eigenvalue weighted by molar-refractivity contribution is 0.700. The molecule has 0 aliphatic carbocycles. The van der Waals surface area contributed by atoms with Crippen molar-refractivity contribution in [2.75, 3.05) is 42.3 Å². The lowest BCUT2D eigenvalue weighted by atomic mass is 10.1. The zero-order chi connectivity index (χ0) is 34.8. The quantitative estimate of drug-likeness (QED) is 0.0792. The normalized spacial score (nSPS) is 11.0. The molecule has 0 atom stereocenters. The van der Waals surface area contributed by atoms with Crippen LogP contribution in [0.3, 0.4) is 0 Å². The van der Waals surface area contributed by atoms with Crippen molar-refractivity contribution in [1.29, 1.82) is 5.26 Å². The minimum Gasteiger partial charge on any atom is -0.368 e. The first kappa shape index (κ1) is 35.0. The second-order valence-electron chi connectivity index (χ2n) is 11.3. The predicted molar refractivity (Wildman–Crippen MR) is 185 cm³/mol. The van der Waals surface area contributed by atoms with E-state index in [-0.39, 0.29) is 23.1 Å². The summed E-state index contributed by atoms with van der Waals surface area (Å²) in [5, 5.41) is 26.5. The maximum Gasteiger partial charge on any atom is 0.354 e. The number of hydrogen-bond donors (Lipinski definition) is 3. The van der Waals surface area contributed by atoms with E-state index in [1.54, 1.807) is 0 Å². The van der Waals surface area contributed by atoms with Crippen LogP contribution in [0.1, 0.15) is 69.1 Å². The number of nitrogens with zero attached hydrogens (tertiary/aromatic N) is 11. The van der Waals surface area contributed by atoms with Crippen LogP contribution in [0.4, 0.5) is 40.6 Å². The summed E-state index contributed by atoms with van der Waals surface area (Å²) < 4.78 is 0.886. The summed E-state index contributed by atoms with van der Waals surface area (Å²) >= 11 is 0. The van der Waals surface area contributed by atoms with Gasteiger partial charge in [0.15, 0.2) is 17.3 Å². The number of nitrogens with one attached hydrogen (secondary N) is 3. The number of aromatic nitrogens is 7. The summed E-state index contributed by atoms with van der Waals surface area (Å²) in [7, 11) is 3.86. The van der Waals surface area contributed by atoms with Crippen LogP contribution in [0, 0.1) is 31.8 Å². The van der Waals surface area contributed by atoms with E-state index in [2.05, 4.69) is 49.3 Å². The minimum atomic E-state index is -0.945. The summed E-state index contributed by atoms with van der Waals surface area (Å²) in [6.07, 6.45) is 5.97. The molecular weight excluding hydrogens is 612 g/mol. The van der Waals surface area contributed by atoms with Gasteiger partial charge in [0.25, 0.3) is 5.82 Å². The molecule has 0 saturated heterocycles. The molecule has 3 N–H and O–H groups in total. The average molecular weight is 653 g/mol. The largest absolute Gasteiger partial charge is 0.368 e. The van der Waals surface area contributed by atoms with Crippen molar-refractivity contribution in [3.05, 3.63) is 67.3 Å². The highest BCUT2D eigenvalue weighted by Crippen LogP contribution is 2.39. The first-order chi connectivity index (χ1) is 23.1. The molecule has 0 saturated carbocycles. The van der Waals surface area contributed by atoms with Crippen LogP contribution in [-0.4, -0.2) is 61.9 Å². The van der Waals surface area contributed by atoms with Crippen molar-refractivity contribution in [3.63, 3.8) is 0 Å². The number of unbranched alkanes of at least 4 members (excludes halogenated alkanes) is 4. The van der Waals surface area contributed by atoms with Crippen LogP contribution >= 0.6 is 0 Å². The molecule has 0 aliphatic rings. The zero-order valence-corrected chi connectivity index (χ0v) is 28.1. The number of hydrogen-bond acceptors (Lipinski definition) is 12. The summed E-state index contributed by atoms with van der Waals surface area (Å²) in [6, 6.07) is 8.04. The van der Waals surface area contributed by atoms with E-state index in [0.717, 1.165) is 60.0 Å². The van der Waals surface area contributed by atoms with Gasteiger partial charge in [0.2, 0.25) is 11.8 Å². The third-order valence-corrected chi connectivity index (χ3v) is 7.62. The van der Waals surface area contributed by atoms with Crippen LogP contribution in [-0.2, 0) is 0 Å². The molecule has 1 aromatic carbocycles. The number of aryl methyl sites for hydroxylation is 2. The molecular formula is C32H40N14O2. The molecule has 16 heteroatoms. The lowest BCUT2D eigenvalue weighted by Gasteiger charge is -2.26. The van der Waals surface area contributed by atoms with Gasteiger partial charge in [-0.25, -0.2) is 9.59 Å². The van der Waals surface area contributed by atoms with Crippen LogP contribution in [0.25, 0.3) is 10.8 Å². The molecule has 0 radical (unpaired) electrons. The van der Waals surface area contributed by atoms with Crippen LogP contribution in [0.15, 0.2) is 38.0 Å².